The van der Waals surface area contributed by atoms with E-state index >= 15 is 0 Å². The zero-order valence-corrected chi connectivity index (χ0v) is 10.9. The van der Waals surface area contributed by atoms with Gasteiger partial charge in [-0.05, 0) is 22.0 Å². The van der Waals surface area contributed by atoms with E-state index in [1.165, 1.54) is 4.88 Å². The number of halogens is 1. The van der Waals surface area contributed by atoms with Crippen LogP contribution >= 0.6 is 27.3 Å². The van der Waals surface area contributed by atoms with Gasteiger partial charge in [-0.2, -0.15) is 0 Å². The Hall–Kier alpha value is -0.100. The molecule has 2 N–H and O–H groups in total. The van der Waals surface area contributed by atoms with Gasteiger partial charge in [-0.3, -0.25) is 0 Å². The summed E-state index contributed by atoms with van der Waals surface area (Å²) < 4.78 is 6.18. The number of rotatable bonds is 4. The largest absolute Gasteiger partial charge is 0.486 e. The van der Waals surface area contributed by atoms with Crippen LogP contribution in [-0.4, -0.2) is 13.7 Å². The van der Waals surface area contributed by atoms with Crippen LogP contribution in [0.2, 0.25) is 0 Å². The van der Waals surface area contributed by atoms with Crippen molar-refractivity contribution in [1.82, 2.24) is 0 Å². The molecule has 0 unspecified atom stereocenters. The topological polar surface area (TPSA) is 44.5 Å². The monoisotopic (exact) mass is 279 g/mol. The van der Waals surface area contributed by atoms with E-state index in [4.69, 9.17) is 15.5 Å². The molecule has 0 saturated carbocycles. The third-order valence-electron chi connectivity index (χ3n) is 1.95. The summed E-state index contributed by atoms with van der Waals surface area (Å²) in [6, 6.07) is 2.04. The number of nitrogens with two attached hydrogens (primary N) is 1. The van der Waals surface area contributed by atoms with E-state index in [0.717, 1.165) is 9.54 Å². The number of ether oxygens (including phenoxy) is 1. The van der Waals surface area contributed by atoms with Crippen molar-refractivity contribution >= 4 is 27.3 Å². The number of methoxy groups -OCH3 is 1. The fourth-order valence-electron chi connectivity index (χ4n) is 1.10. The molecule has 1 aromatic heterocycles. The lowest BCUT2D eigenvalue weighted by Gasteiger charge is -2.20. The molecular formula is C9H14BrNO2S. The zero-order chi connectivity index (χ0) is 10.8. The van der Waals surface area contributed by atoms with Crippen LogP contribution in [-0.2, 0) is 10.3 Å². The lowest BCUT2D eigenvalue weighted by molar-refractivity contribution is 0.0976. The minimum atomic E-state index is -0.0846. The van der Waals surface area contributed by atoms with Crippen LogP contribution in [0.25, 0.3) is 0 Å². The van der Waals surface area contributed by atoms with Gasteiger partial charge in [0, 0.05) is 10.3 Å². The van der Waals surface area contributed by atoms with Gasteiger partial charge < -0.3 is 9.57 Å². The summed E-state index contributed by atoms with van der Waals surface area (Å²) in [4.78, 5) is 5.88. The fourth-order valence-corrected chi connectivity index (χ4v) is 2.84. The highest BCUT2D eigenvalue weighted by Gasteiger charge is 2.24. The summed E-state index contributed by atoms with van der Waals surface area (Å²) in [7, 11) is 1.66. The quantitative estimate of drug-likeness (QED) is 0.862. The molecule has 0 aromatic carbocycles. The molecule has 0 aliphatic carbocycles. The third kappa shape index (κ3) is 2.48. The van der Waals surface area contributed by atoms with Gasteiger partial charge >= 0.3 is 0 Å². The normalized spacial score (nSPS) is 11.8. The summed E-state index contributed by atoms with van der Waals surface area (Å²) in [6.07, 6.45) is 0. The second kappa shape index (κ2) is 4.61. The Kier molecular flexibility index (Phi) is 3.94. The standard InChI is InChI=1S/C9H14BrNO2S/c1-9(2,5-13-11)7-4-6(10)8(12-3)14-7/h4H,5,11H2,1-3H3. The van der Waals surface area contributed by atoms with Crippen LogP contribution in [0.15, 0.2) is 10.5 Å². The molecule has 1 aromatic rings. The fraction of sp³-hybridized carbons (Fsp3) is 0.556. The Labute approximate surface area is 96.3 Å². The average Bonchev–Trinajstić information content (AvgIpc) is 2.47. The van der Waals surface area contributed by atoms with Crippen molar-refractivity contribution in [2.75, 3.05) is 13.7 Å². The Bertz CT molecular complexity index is 312. The first-order chi connectivity index (χ1) is 6.51. The van der Waals surface area contributed by atoms with Crippen molar-refractivity contribution < 1.29 is 9.57 Å². The zero-order valence-electron chi connectivity index (χ0n) is 8.46. The molecular weight excluding hydrogens is 266 g/mol. The van der Waals surface area contributed by atoms with Gasteiger partial charge in [0.05, 0.1) is 18.2 Å². The number of hydrogen-bond acceptors (Lipinski definition) is 4. The van der Waals surface area contributed by atoms with Crippen LogP contribution in [0.1, 0.15) is 18.7 Å². The molecule has 0 fully saturated rings. The lowest BCUT2D eigenvalue weighted by atomic mass is 9.93. The van der Waals surface area contributed by atoms with Gasteiger partial charge in [0.2, 0.25) is 0 Å². The van der Waals surface area contributed by atoms with E-state index in [0.29, 0.717) is 6.61 Å². The highest BCUT2D eigenvalue weighted by Crippen LogP contribution is 2.40. The van der Waals surface area contributed by atoms with E-state index in [9.17, 15) is 0 Å². The average molecular weight is 280 g/mol. The first-order valence-electron chi connectivity index (χ1n) is 4.16. The van der Waals surface area contributed by atoms with E-state index in [2.05, 4.69) is 29.8 Å². The predicted molar refractivity (Wildman–Crippen MR) is 61.7 cm³/mol. The summed E-state index contributed by atoms with van der Waals surface area (Å²) in [6.45, 7) is 4.65. The van der Waals surface area contributed by atoms with Gasteiger partial charge in [-0.25, -0.2) is 5.90 Å². The molecule has 0 aliphatic rings. The molecule has 0 radical (unpaired) electrons. The SMILES string of the molecule is COc1sc(C(C)(C)CON)cc1Br. The smallest absolute Gasteiger partial charge is 0.188 e. The molecule has 14 heavy (non-hydrogen) atoms. The molecule has 0 saturated heterocycles. The molecule has 0 aliphatic heterocycles. The molecule has 0 atom stereocenters. The first-order valence-corrected chi connectivity index (χ1v) is 5.77. The Morgan fingerprint density at radius 2 is 2.21 bits per heavy atom. The molecule has 0 amide bonds. The van der Waals surface area contributed by atoms with Gasteiger partial charge in [0.15, 0.2) is 5.06 Å². The Morgan fingerprint density at radius 1 is 1.57 bits per heavy atom. The Balaban J connectivity index is 2.95. The van der Waals surface area contributed by atoms with Crippen molar-refractivity contribution in [2.45, 2.75) is 19.3 Å². The second-order valence-corrected chi connectivity index (χ2v) is 5.51. The minimum Gasteiger partial charge on any atom is -0.486 e. The summed E-state index contributed by atoms with van der Waals surface area (Å²) in [5.74, 6) is 5.09. The van der Waals surface area contributed by atoms with Crippen LogP contribution in [0.4, 0.5) is 0 Å². The molecule has 1 rings (SSSR count). The first kappa shape index (κ1) is 12.0. The molecule has 3 nitrogen and oxygen atoms in total. The third-order valence-corrected chi connectivity index (χ3v) is 4.27. The van der Waals surface area contributed by atoms with Crippen LogP contribution in [0.5, 0.6) is 5.06 Å². The van der Waals surface area contributed by atoms with Crippen molar-refractivity contribution in [3.8, 4) is 5.06 Å². The molecule has 0 spiro atoms. The lowest BCUT2D eigenvalue weighted by Crippen LogP contribution is -2.24. The van der Waals surface area contributed by atoms with Crippen molar-refractivity contribution in [3.63, 3.8) is 0 Å². The van der Waals surface area contributed by atoms with Crippen LogP contribution in [0.3, 0.4) is 0 Å². The number of thiophene rings is 1. The summed E-state index contributed by atoms with van der Waals surface area (Å²) in [5.41, 5.74) is -0.0846. The van der Waals surface area contributed by atoms with Gasteiger partial charge in [0.25, 0.3) is 0 Å². The maximum Gasteiger partial charge on any atom is 0.188 e. The summed E-state index contributed by atoms with van der Waals surface area (Å²) >= 11 is 5.04. The maximum absolute atomic E-state index is 5.20. The molecule has 5 heteroatoms. The van der Waals surface area contributed by atoms with Crippen LogP contribution < -0.4 is 10.6 Å². The molecule has 1 heterocycles. The predicted octanol–water partition coefficient (Wildman–Crippen LogP) is 2.69. The van der Waals surface area contributed by atoms with Gasteiger partial charge in [-0.15, -0.1) is 11.3 Å². The van der Waals surface area contributed by atoms with Crippen molar-refractivity contribution in [1.29, 1.82) is 0 Å². The van der Waals surface area contributed by atoms with Gasteiger partial charge in [-0.1, -0.05) is 13.8 Å². The van der Waals surface area contributed by atoms with Crippen LogP contribution in [0, 0.1) is 0 Å². The maximum atomic E-state index is 5.20. The van der Waals surface area contributed by atoms with E-state index < -0.39 is 0 Å². The van der Waals surface area contributed by atoms with E-state index in [1.54, 1.807) is 18.4 Å². The van der Waals surface area contributed by atoms with E-state index in [1.807, 2.05) is 6.07 Å². The summed E-state index contributed by atoms with van der Waals surface area (Å²) in [5, 5.41) is 0.880. The van der Waals surface area contributed by atoms with Gasteiger partial charge in [0.1, 0.15) is 0 Å². The highest BCUT2D eigenvalue weighted by atomic mass is 79.9. The van der Waals surface area contributed by atoms with Crippen molar-refractivity contribution in [3.05, 3.63) is 15.4 Å². The highest BCUT2D eigenvalue weighted by molar-refractivity contribution is 9.10. The number of hydrogen-bond donors (Lipinski definition) is 1. The van der Waals surface area contributed by atoms with Crippen molar-refractivity contribution in [2.24, 2.45) is 5.90 Å². The van der Waals surface area contributed by atoms with E-state index in [-0.39, 0.29) is 5.41 Å². The molecule has 0 bridgehead atoms. The minimum absolute atomic E-state index is 0.0846. The Morgan fingerprint density at radius 3 is 2.64 bits per heavy atom. The molecule has 80 valence electrons. The second-order valence-electron chi connectivity index (χ2n) is 3.65.